The van der Waals surface area contributed by atoms with Crippen molar-refractivity contribution in [1.29, 1.82) is 0 Å². The van der Waals surface area contributed by atoms with E-state index in [0.717, 1.165) is 28.2 Å². The van der Waals surface area contributed by atoms with Crippen molar-refractivity contribution in [1.82, 2.24) is 23.3 Å². The molecule has 0 aliphatic rings. The zero-order valence-corrected chi connectivity index (χ0v) is 67.4. The molecule has 0 aliphatic carbocycles. The largest absolute Gasteiger partial charge is 0.309 e. The molecule has 25 rings (SSSR count). The van der Waals surface area contributed by atoms with E-state index in [1.807, 2.05) is 0 Å². The SMILES string of the molecule is [B]CP.c1cc(-c2ccc3c4ccccc4c4ccccc4c3c2)cc(-n2c3ccccc3c3ccccc32)c1.c1cc(-c2cccc(-c3ccc4c5ccccc5c5ccccc5c4c3)n2)cc(-n2c3ccccc3c3ccccc32)c1.c1ccc2c(c1)c1ccccc1n2-c1ccc(-c2ccc(-n3c4ccccc4c4ccccc43)cc2)cc1. The van der Waals surface area contributed by atoms with E-state index in [-0.39, 0.29) is 0 Å². The molecule has 0 fully saturated rings. The summed E-state index contributed by atoms with van der Waals surface area (Å²) in [5.74, 6) is 0. The maximum absolute atomic E-state index is 5.20. The Kier molecular flexibility index (Phi) is 18.3. The molecule has 0 saturated carbocycles. The molecule has 20 aromatic carbocycles. The van der Waals surface area contributed by atoms with Gasteiger partial charge in [0, 0.05) is 77.0 Å². The zero-order valence-electron chi connectivity index (χ0n) is 66.2. The normalized spacial score (nSPS) is 11.6. The lowest BCUT2D eigenvalue weighted by molar-refractivity contribution is 1.18. The van der Waals surface area contributed by atoms with E-state index in [0.29, 0.717) is 6.06 Å². The van der Waals surface area contributed by atoms with Crippen molar-refractivity contribution < 1.29 is 0 Å². The van der Waals surface area contributed by atoms with E-state index in [2.05, 4.69) is 470 Å². The van der Waals surface area contributed by atoms with Crippen molar-refractivity contribution >= 4 is 169 Å². The van der Waals surface area contributed by atoms with Gasteiger partial charge in [-0.05, 0) is 208 Å². The fourth-order valence-electron chi connectivity index (χ4n) is 18.9. The topological polar surface area (TPSA) is 32.6 Å². The molecule has 566 valence electrons. The van der Waals surface area contributed by atoms with Gasteiger partial charge in [-0.2, -0.15) is 0 Å². The second-order valence-electron chi connectivity index (χ2n) is 31.0. The van der Waals surface area contributed by atoms with Crippen molar-refractivity contribution in [3.8, 4) is 67.5 Å². The van der Waals surface area contributed by atoms with Crippen molar-refractivity contribution in [3.05, 3.63) is 443 Å². The van der Waals surface area contributed by atoms with Crippen LogP contribution in [0.1, 0.15) is 0 Å². The number of para-hydroxylation sites is 8. The number of rotatable bonds is 8. The number of nitrogens with zero attached hydrogens (tertiary/aromatic N) is 5. The maximum atomic E-state index is 5.20. The first-order valence-corrected chi connectivity index (χ1v) is 42.2. The Morgan fingerprint density at radius 3 is 0.669 bits per heavy atom. The van der Waals surface area contributed by atoms with Crippen LogP contribution in [0, 0.1) is 0 Å². The molecule has 5 heterocycles. The highest BCUT2D eigenvalue weighted by Crippen LogP contribution is 2.43. The third-order valence-corrected chi connectivity index (χ3v) is 24.3. The fourth-order valence-corrected chi connectivity index (χ4v) is 18.9. The molecule has 25 aromatic rings. The maximum Gasteiger partial charge on any atom is 0.0710 e. The van der Waals surface area contributed by atoms with Crippen LogP contribution in [-0.2, 0) is 0 Å². The number of pyridine rings is 1. The number of fused-ring (bicyclic) bond motifs is 24. The van der Waals surface area contributed by atoms with Gasteiger partial charge >= 0.3 is 0 Å². The van der Waals surface area contributed by atoms with Gasteiger partial charge in [0.2, 0.25) is 0 Å². The molecule has 0 saturated heterocycles. The highest BCUT2D eigenvalue weighted by Gasteiger charge is 2.20. The standard InChI is InChI=1S/C41H26N2.C36H24N2.C36H23N.CH4BP/c1-2-15-32-30(13-1)31-14-3-4-16-33(31)37-26-28(23-24-34(32)37)39-20-10-19-38(42-39)27-11-9-12-29(25-27)43-40-21-7-5-17-35(40)36-18-6-8-22-41(36)43;1-5-13-33-29(9-1)30-10-2-6-14-34(30)37(33)27-21-17-25(18-22-27)26-19-23-28(24-20-26)38-35-15-7-3-11-31(35)32-12-4-8-16-36(32)38;1-2-14-29-27(12-1)28-13-3-4-15-30(28)34-23-25(20-21-31(29)34)24-10-9-11-26(22-24)37-35-18-7-5-16-32(35)33-17-6-8-19-36(33)37;2-1-3/h1-26H;1-24H;1-23H;1,3H2. The van der Waals surface area contributed by atoms with Gasteiger partial charge in [0.05, 0.1) is 63.4 Å². The summed E-state index contributed by atoms with van der Waals surface area (Å²) in [5.41, 5.74) is 23.5. The smallest absolute Gasteiger partial charge is 0.0710 e. The van der Waals surface area contributed by atoms with E-state index in [1.54, 1.807) is 0 Å². The Labute approximate surface area is 703 Å². The molecular formula is C114H77BN5P. The molecule has 2 radical (unpaired) electrons. The molecule has 7 heteroatoms. The molecule has 121 heavy (non-hydrogen) atoms. The van der Waals surface area contributed by atoms with E-state index in [9.17, 15) is 0 Å². The third kappa shape index (κ3) is 12.6. The van der Waals surface area contributed by atoms with Crippen molar-refractivity contribution in [3.63, 3.8) is 0 Å². The lowest BCUT2D eigenvalue weighted by atomic mass is 9.92. The minimum atomic E-state index is 0.667. The van der Waals surface area contributed by atoms with E-state index in [1.165, 1.54) is 191 Å². The molecule has 5 aromatic heterocycles. The minimum Gasteiger partial charge on any atom is -0.309 e. The molecular weight excluding hydrogens is 1480 g/mol. The van der Waals surface area contributed by atoms with E-state index < -0.39 is 0 Å². The predicted octanol–water partition coefficient (Wildman–Crippen LogP) is 30.4. The molecule has 0 amide bonds. The number of benzene rings is 20. The van der Waals surface area contributed by atoms with E-state index in [4.69, 9.17) is 12.8 Å². The Balaban J connectivity index is 0.000000107. The highest BCUT2D eigenvalue weighted by atomic mass is 31.0. The van der Waals surface area contributed by atoms with Crippen LogP contribution in [0.3, 0.4) is 0 Å². The summed E-state index contributed by atoms with van der Waals surface area (Å²) in [7, 11) is 7.17. The van der Waals surface area contributed by atoms with Crippen LogP contribution in [0.2, 0.25) is 0 Å². The summed E-state index contributed by atoms with van der Waals surface area (Å²) < 4.78 is 9.47. The summed E-state index contributed by atoms with van der Waals surface area (Å²) in [6.07, 6.45) is 0. The molecule has 0 aliphatic heterocycles. The molecule has 1 atom stereocenters. The van der Waals surface area contributed by atoms with Crippen LogP contribution >= 0.6 is 9.24 Å². The number of aromatic nitrogens is 5. The minimum absolute atomic E-state index is 0.667. The van der Waals surface area contributed by atoms with Gasteiger partial charge in [0.25, 0.3) is 0 Å². The highest BCUT2D eigenvalue weighted by molar-refractivity contribution is 7.19. The lowest BCUT2D eigenvalue weighted by Crippen LogP contribution is -1.95. The first-order chi connectivity index (χ1) is 60.0. The Bertz CT molecular complexity index is 7920. The summed E-state index contributed by atoms with van der Waals surface area (Å²) in [6, 6.07) is 160. The van der Waals surface area contributed by atoms with Crippen molar-refractivity contribution in [2.24, 2.45) is 0 Å². The van der Waals surface area contributed by atoms with Crippen molar-refractivity contribution in [2.45, 2.75) is 0 Å². The molecule has 1 unspecified atom stereocenters. The van der Waals surface area contributed by atoms with Gasteiger partial charge < -0.3 is 18.3 Å². The van der Waals surface area contributed by atoms with Gasteiger partial charge in [-0.25, -0.2) is 4.98 Å². The lowest BCUT2D eigenvalue weighted by Gasteiger charge is -2.13. The first kappa shape index (κ1) is 72.3. The Morgan fingerprint density at radius 2 is 0.364 bits per heavy atom. The van der Waals surface area contributed by atoms with E-state index >= 15 is 0 Å². The Morgan fingerprint density at radius 1 is 0.165 bits per heavy atom. The first-order valence-electron chi connectivity index (χ1n) is 41.4. The van der Waals surface area contributed by atoms with Gasteiger partial charge in [-0.15, -0.1) is 9.24 Å². The van der Waals surface area contributed by atoms with Crippen LogP contribution in [0.25, 0.3) is 219 Å². The van der Waals surface area contributed by atoms with Crippen LogP contribution in [0.15, 0.2) is 443 Å². The monoisotopic (exact) mass is 1560 g/mol. The zero-order chi connectivity index (χ0) is 80.4. The number of hydrogen-bond acceptors (Lipinski definition) is 1. The number of hydrogen-bond donors (Lipinski definition) is 0. The summed E-state index contributed by atoms with van der Waals surface area (Å²) in [4.78, 5) is 5.20. The van der Waals surface area contributed by atoms with Crippen LogP contribution in [0.4, 0.5) is 0 Å². The van der Waals surface area contributed by atoms with Crippen LogP contribution in [-0.4, -0.2) is 37.2 Å². The van der Waals surface area contributed by atoms with Crippen LogP contribution in [0.5, 0.6) is 0 Å². The molecule has 0 bridgehead atoms. The molecule has 0 N–H and O–H groups in total. The average molecular weight is 1560 g/mol. The summed E-state index contributed by atoms with van der Waals surface area (Å²) in [5, 5.41) is 25.7. The molecule has 0 spiro atoms. The second kappa shape index (κ2) is 30.7. The predicted molar refractivity (Wildman–Crippen MR) is 522 cm³/mol. The van der Waals surface area contributed by atoms with Crippen molar-refractivity contribution in [2.75, 3.05) is 6.06 Å². The van der Waals surface area contributed by atoms with Gasteiger partial charge in [0.1, 0.15) is 0 Å². The van der Waals surface area contributed by atoms with Gasteiger partial charge in [0.15, 0.2) is 0 Å². The average Bonchev–Trinajstić information content (AvgIpc) is 1.73. The quantitative estimate of drug-likeness (QED) is 0.0848. The molecule has 5 nitrogen and oxygen atoms in total. The van der Waals surface area contributed by atoms with Gasteiger partial charge in [-0.3, -0.25) is 0 Å². The Hall–Kier alpha value is -15.2. The second-order valence-corrected chi connectivity index (χ2v) is 31.5. The third-order valence-electron chi connectivity index (χ3n) is 24.3. The van der Waals surface area contributed by atoms with Crippen LogP contribution < -0.4 is 0 Å². The van der Waals surface area contributed by atoms with Gasteiger partial charge in [-0.1, -0.05) is 328 Å². The summed E-state index contributed by atoms with van der Waals surface area (Å²) >= 11 is 0. The fraction of sp³-hybridized carbons (Fsp3) is 0.00877. The summed E-state index contributed by atoms with van der Waals surface area (Å²) in [6.45, 7) is 0.